The smallest absolute Gasteiger partial charge is 0.270 e. The molecule has 0 aliphatic heterocycles. The van der Waals surface area contributed by atoms with Crippen LogP contribution in [0.2, 0.25) is 0 Å². The molecule has 1 amide bonds. The van der Waals surface area contributed by atoms with Crippen molar-refractivity contribution in [2.75, 3.05) is 0 Å². The van der Waals surface area contributed by atoms with E-state index in [1.807, 2.05) is 37.3 Å². The predicted octanol–water partition coefficient (Wildman–Crippen LogP) is 4.16. The van der Waals surface area contributed by atoms with Crippen LogP contribution in [0.25, 0.3) is 10.9 Å². The van der Waals surface area contributed by atoms with Gasteiger partial charge in [0.1, 0.15) is 17.0 Å². The Morgan fingerprint density at radius 3 is 2.58 bits per heavy atom. The molecular formula is C21H23N3O2. The zero-order valence-electron chi connectivity index (χ0n) is 15.2. The molecule has 5 nitrogen and oxygen atoms in total. The Balaban J connectivity index is 1.97. The number of benzene rings is 1. The highest BCUT2D eigenvalue weighted by Gasteiger charge is 2.22. The first kappa shape index (κ1) is 17.9. The van der Waals surface area contributed by atoms with Crippen LogP contribution in [0.15, 0.2) is 48.8 Å². The van der Waals surface area contributed by atoms with Crippen LogP contribution < -0.4 is 5.32 Å². The van der Waals surface area contributed by atoms with E-state index in [-0.39, 0.29) is 17.7 Å². The summed E-state index contributed by atoms with van der Waals surface area (Å²) in [4.78, 5) is 21.2. The fourth-order valence-corrected chi connectivity index (χ4v) is 3.11. The first-order valence-corrected chi connectivity index (χ1v) is 8.76. The minimum Gasteiger partial charge on any atom is -0.505 e. The first-order chi connectivity index (χ1) is 12.5. The van der Waals surface area contributed by atoms with E-state index in [9.17, 15) is 9.90 Å². The number of phenols is 1. The Bertz CT molecular complexity index is 937. The summed E-state index contributed by atoms with van der Waals surface area (Å²) in [5.74, 6) is 0.213. The lowest BCUT2D eigenvalue weighted by atomic mass is 9.94. The predicted molar refractivity (Wildman–Crippen MR) is 102 cm³/mol. The number of hydrogen-bond acceptors (Lipinski definition) is 4. The van der Waals surface area contributed by atoms with Crippen molar-refractivity contribution in [1.82, 2.24) is 15.3 Å². The third kappa shape index (κ3) is 3.67. The maximum Gasteiger partial charge on any atom is 0.270 e. The number of nitrogens with zero attached hydrogens (tertiary/aromatic N) is 2. The molecule has 1 atom stereocenters. The van der Waals surface area contributed by atoms with Gasteiger partial charge in [-0.1, -0.05) is 38.1 Å². The standard InChI is InChI=1S/C21H23N3O2/c1-13(2)12-17(24-21(26)18-14(3)6-4-10-22-18)16-9-8-15-7-5-11-23-19(15)20(16)25/h4-11,13,17,25H,12H2,1-3H3,(H,24,26). The van der Waals surface area contributed by atoms with E-state index < -0.39 is 0 Å². The molecule has 2 heterocycles. The van der Waals surface area contributed by atoms with Gasteiger partial charge in [-0.3, -0.25) is 14.8 Å². The van der Waals surface area contributed by atoms with E-state index in [2.05, 4.69) is 29.1 Å². The third-order valence-electron chi connectivity index (χ3n) is 4.39. The minimum absolute atomic E-state index is 0.117. The van der Waals surface area contributed by atoms with Gasteiger partial charge in [-0.15, -0.1) is 0 Å². The van der Waals surface area contributed by atoms with E-state index in [0.29, 0.717) is 29.1 Å². The van der Waals surface area contributed by atoms with E-state index in [4.69, 9.17) is 0 Å². The number of phenolic OH excluding ortho intramolecular Hbond substituents is 1. The molecule has 5 heteroatoms. The summed E-state index contributed by atoms with van der Waals surface area (Å²) in [5.41, 5.74) is 2.44. The summed E-state index contributed by atoms with van der Waals surface area (Å²) in [7, 11) is 0. The van der Waals surface area contributed by atoms with Gasteiger partial charge in [-0.25, -0.2) is 0 Å². The lowest BCUT2D eigenvalue weighted by Crippen LogP contribution is -2.30. The zero-order chi connectivity index (χ0) is 18.7. The lowest BCUT2D eigenvalue weighted by molar-refractivity contribution is 0.0926. The van der Waals surface area contributed by atoms with Crippen LogP contribution in [-0.4, -0.2) is 21.0 Å². The SMILES string of the molecule is Cc1cccnc1C(=O)NC(CC(C)C)c1ccc2cccnc2c1O. The number of hydrogen-bond donors (Lipinski definition) is 2. The van der Waals surface area contributed by atoms with Crippen LogP contribution in [0.3, 0.4) is 0 Å². The number of aromatic hydroxyl groups is 1. The van der Waals surface area contributed by atoms with Crippen molar-refractivity contribution in [2.24, 2.45) is 5.92 Å². The zero-order valence-corrected chi connectivity index (χ0v) is 15.2. The van der Waals surface area contributed by atoms with Crippen molar-refractivity contribution in [3.8, 4) is 5.75 Å². The van der Waals surface area contributed by atoms with E-state index in [1.54, 1.807) is 18.5 Å². The summed E-state index contributed by atoms with van der Waals surface area (Å²) in [5, 5.41) is 14.6. The average molecular weight is 349 g/mol. The first-order valence-electron chi connectivity index (χ1n) is 8.76. The number of rotatable bonds is 5. The number of aromatic nitrogens is 2. The van der Waals surface area contributed by atoms with Crippen molar-refractivity contribution in [2.45, 2.75) is 33.2 Å². The molecule has 3 rings (SSSR count). The molecule has 0 radical (unpaired) electrons. The van der Waals surface area contributed by atoms with E-state index in [0.717, 1.165) is 10.9 Å². The van der Waals surface area contributed by atoms with Crippen molar-refractivity contribution in [1.29, 1.82) is 0 Å². The second-order valence-electron chi connectivity index (χ2n) is 6.90. The van der Waals surface area contributed by atoms with Crippen LogP contribution in [0.5, 0.6) is 5.75 Å². The number of carbonyl (C=O) groups is 1. The molecule has 26 heavy (non-hydrogen) atoms. The Kier molecular flexibility index (Phi) is 5.16. The molecule has 0 aliphatic rings. The van der Waals surface area contributed by atoms with E-state index in [1.165, 1.54) is 0 Å². The molecule has 0 fully saturated rings. The number of fused-ring (bicyclic) bond motifs is 1. The van der Waals surface area contributed by atoms with Gasteiger partial charge >= 0.3 is 0 Å². The maximum atomic E-state index is 12.7. The molecule has 1 aromatic carbocycles. The maximum absolute atomic E-state index is 12.7. The second-order valence-corrected chi connectivity index (χ2v) is 6.90. The molecule has 2 aromatic heterocycles. The van der Waals surface area contributed by atoms with Gasteiger partial charge in [0.25, 0.3) is 5.91 Å². The van der Waals surface area contributed by atoms with Gasteiger partial charge in [-0.05, 0) is 37.0 Å². The van der Waals surface area contributed by atoms with Gasteiger partial charge in [0, 0.05) is 23.3 Å². The Morgan fingerprint density at radius 2 is 1.85 bits per heavy atom. The van der Waals surface area contributed by atoms with Crippen LogP contribution in [-0.2, 0) is 0 Å². The summed E-state index contributed by atoms with van der Waals surface area (Å²) in [6, 6.07) is 10.9. The number of aryl methyl sites for hydroxylation is 1. The molecule has 1 unspecified atom stereocenters. The highest BCUT2D eigenvalue weighted by atomic mass is 16.3. The Morgan fingerprint density at radius 1 is 1.12 bits per heavy atom. The molecule has 3 aromatic rings. The molecule has 0 saturated carbocycles. The van der Waals surface area contributed by atoms with Gasteiger partial charge < -0.3 is 10.4 Å². The lowest BCUT2D eigenvalue weighted by Gasteiger charge is -2.22. The van der Waals surface area contributed by atoms with Crippen molar-refractivity contribution >= 4 is 16.8 Å². The number of carbonyl (C=O) groups excluding carboxylic acids is 1. The molecule has 0 aliphatic carbocycles. The van der Waals surface area contributed by atoms with Crippen molar-refractivity contribution in [3.63, 3.8) is 0 Å². The van der Waals surface area contributed by atoms with Crippen molar-refractivity contribution < 1.29 is 9.90 Å². The van der Waals surface area contributed by atoms with Gasteiger partial charge in [0.2, 0.25) is 0 Å². The summed E-state index contributed by atoms with van der Waals surface area (Å²) in [6.07, 6.45) is 3.96. The minimum atomic E-state index is -0.324. The number of pyridine rings is 2. The largest absolute Gasteiger partial charge is 0.505 e. The monoisotopic (exact) mass is 349 g/mol. The highest BCUT2D eigenvalue weighted by Crippen LogP contribution is 2.34. The highest BCUT2D eigenvalue weighted by molar-refractivity contribution is 5.94. The Hall–Kier alpha value is -2.95. The summed E-state index contributed by atoms with van der Waals surface area (Å²) < 4.78 is 0. The normalized spacial score (nSPS) is 12.3. The molecule has 0 spiro atoms. The number of amides is 1. The third-order valence-corrected chi connectivity index (χ3v) is 4.39. The fourth-order valence-electron chi connectivity index (χ4n) is 3.11. The summed E-state index contributed by atoms with van der Waals surface area (Å²) in [6.45, 7) is 6.03. The van der Waals surface area contributed by atoms with Crippen LogP contribution in [0, 0.1) is 12.8 Å². The molecule has 134 valence electrons. The Labute approximate surface area is 153 Å². The van der Waals surface area contributed by atoms with E-state index >= 15 is 0 Å². The quantitative estimate of drug-likeness (QED) is 0.725. The number of nitrogens with one attached hydrogen (secondary N) is 1. The molecule has 0 saturated heterocycles. The van der Waals surface area contributed by atoms with Gasteiger partial charge in [0.05, 0.1) is 6.04 Å². The molecular weight excluding hydrogens is 326 g/mol. The van der Waals surface area contributed by atoms with Gasteiger partial charge in [0.15, 0.2) is 0 Å². The van der Waals surface area contributed by atoms with Crippen LogP contribution >= 0.6 is 0 Å². The van der Waals surface area contributed by atoms with Crippen LogP contribution in [0.4, 0.5) is 0 Å². The second kappa shape index (κ2) is 7.52. The van der Waals surface area contributed by atoms with Gasteiger partial charge in [-0.2, -0.15) is 0 Å². The fraction of sp³-hybridized carbons (Fsp3) is 0.286. The average Bonchev–Trinajstić information content (AvgIpc) is 2.61. The summed E-state index contributed by atoms with van der Waals surface area (Å²) >= 11 is 0. The topological polar surface area (TPSA) is 75.1 Å². The van der Waals surface area contributed by atoms with Crippen LogP contribution in [0.1, 0.15) is 47.9 Å². The molecule has 0 bridgehead atoms. The molecule has 2 N–H and O–H groups in total. The van der Waals surface area contributed by atoms with Crippen molar-refractivity contribution in [3.05, 3.63) is 65.6 Å².